The zero-order valence-electron chi connectivity index (χ0n) is 15.9. The van der Waals surface area contributed by atoms with Crippen molar-refractivity contribution in [2.24, 2.45) is 0 Å². The predicted octanol–water partition coefficient (Wildman–Crippen LogP) is 4.95. The van der Waals surface area contributed by atoms with Crippen molar-refractivity contribution >= 4 is 17.6 Å². The molecule has 1 heterocycles. The van der Waals surface area contributed by atoms with E-state index in [0.29, 0.717) is 22.7 Å². The number of carbonyl (C=O) groups excluding carboxylic acids is 2. The van der Waals surface area contributed by atoms with Crippen molar-refractivity contribution in [3.63, 3.8) is 0 Å². The maximum Gasteiger partial charge on any atom is 0.340 e. The minimum absolute atomic E-state index is 0.0455. The number of amides is 1. The van der Waals surface area contributed by atoms with Gasteiger partial charge < -0.3 is 14.6 Å². The standard InChI is InChI=1S/C24H18N2O4/c27-23(18-11-5-2-6-12-18)25-21-14-8-7-13-20(21)24(28)29-16-19-15-22(30-26-19)17-9-3-1-4-10-17/h1-15H,16H2,(H,25,27). The highest BCUT2D eigenvalue weighted by atomic mass is 16.5. The zero-order chi connectivity index (χ0) is 20.8. The molecule has 0 bridgehead atoms. The van der Waals surface area contributed by atoms with E-state index in [-0.39, 0.29) is 18.1 Å². The topological polar surface area (TPSA) is 81.4 Å². The van der Waals surface area contributed by atoms with Gasteiger partial charge in [-0.1, -0.05) is 65.8 Å². The molecule has 0 radical (unpaired) electrons. The molecule has 4 aromatic rings. The van der Waals surface area contributed by atoms with Crippen LogP contribution in [0, 0.1) is 0 Å². The molecule has 4 rings (SSSR count). The molecule has 0 fully saturated rings. The first-order valence-corrected chi connectivity index (χ1v) is 9.34. The Bertz CT molecular complexity index is 1150. The van der Waals surface area contributed by atoms with Crippen LogP contribution in [0.3, 0.4) is 0 Å². The van der Waals surface area contributed by atoms with E-state index in [0.717, 1.165) is 5.56 Å². The Morgan fingerprint density at radius 1 is 0.867 bits per heavy atom. The van der Waals surface area contributed by atoms with Gasteiger partial charge in [-0.25, -0.2) is 4.79 Å². The van der Waals surface area contributed by atoms with E-state index in [2.05, 4.69) is 10.5 Å². The summed E-state index contributed by atoms with van der Waals surface area (Å²) in [5.41, 5.74) is 2.51. The molecule has 0 aliphatic heterocycles. The predicted molar refractivity (Wildman–Crippen MR) is 112 cm³/mol. The second-order valence-corrected chi connectivity index (χ2v) is 6.49. The Labute approximate surface area is 173 Å². The van der Waals surface area contributed by atoms with Crippen LogP contribution in [0.1, 0.15) is 26.4 Å². The van der Waals surface area contributed by atoms with E-state index >= 15 is 0 Å². The molecule has 0 atom stereocenters. The fraction of sp³-hybridized carbons (Fsp3) is 0.0417. The molecule has 0 aliphatic carbocycles. The quantitative estimate of drug-likeness (QED) is 0.465. The molecule has 0 saturated heterocycles. The maximum atomic E-state index is 12.6. The molecule has 0 saturated carbocycles. The molecule has 6 heteroatoms. The molecule has 30 heavy (non-hydrogen) atoms. The fourth-order valence-electron chi connectivity index (χ4n) is 2.89. The molecule has 1 N–H and O–H groups in total. The monoisotopic (exact) mass is 398 g/mol. The molecule has 1 aromatic heterocycles. The number of para-hydroxylation sites is 1. The lowest BCUT2D eigenvalue weighted by Gasteiger charge is -2.10. The summed E-state index contributed by atoms with van der Waals surface area (Å²) >= 11 is 0. The number of nitrogens with zero attached hydrogens (tertiary/aromatic N) is 1. The van der Waals surface area contributed by atoms with Crippen molar-refractivity contribution < 1.29 is 18.8 Å². The van der Waals surface area contributed by atoms with Crippen molar-refractivity contribution in [2.45, 2.75) is 6.61 Å². The van der Waals surface area contributed by atoms with E-state index in [1.54, 1.807) is 54.6 Å². The van der Waals surface area contributed by atoms with Crippen molar-refractivity contribution in [1.82, 2.24) is 5.16 Å². The first-order chi connectivity index (χ1) is 14.7. The van der Waals surface area contributed by atoms with E-state index in [1.807, 2.05) is 36.4 Å². The van der Waals surface area contributed by atoms with Crippen molar-refractivity contribution in [2.75, 3.05) is 5.32 Å². The highest BCUT2D eigenvalue weighted by Crippen LogP contribution is 2.21. The summed E-state index contributed by atoms with van der Waals surface area (Å²) in [5.74, 6) is -0.278. The van der Waals surface area contributed by atoms with Crippen LogP contribution in [0.2, 0.25) is 0 Å². The minimum atomic E-state index is -0.566. The molecule has 0 unspecified atom stereocenters. The Hall–Kier alpha value is -4.19. The third-order valence-electron chi connectivity index (χ3n) is 4.40. The molecule has 148 valence electrons. The number of hydrogen-bond donors (Lipinski definition) is 1. The maximum absolute atomic E-state index is 12.6. The molecule has 3 aromatic carbocycles. The second-order valence-electron chi connectivity index (χ2n) is 6.49. The lowest BCUT2D eigenvalue weighted by molar-refractivity contribution is 0.0465. The van der Waals surface area contributed by atoms with Gasteiger partial charge >= 0.3 is 5.97 Å². The lowest BCUT2D eigenvalue weighted by atomic mass is 10.1. The average Bonchev–Trinajstić information content (AvgIpc) is 3.28. The summed E-state index contributed by atoms with van der Waals surface area (Å²) in [7, 11) is 0. The van der Waals surface area contributed by atoms with Crippen molar-refractivity contribution in [3.8, 4) is 11.3 Å². The lowest BCUT2D eigenvalue weighted by Crippen LogP contribution is -2.15. The van der Waals surface area contributed by atoms with Gasteiger partial charge in [0.25, 0.3) is 5.91 Å². The van der Waals surface area contributed by atoms with Gasteiger partial charge in [0.1, 0.15) is 12.3 Å². The largest absolute Gasteiger partial charge is 0.455 e. The van der Waals surface area contributed by atoms with Crippen LogP contribution in [-0.2, 0) is 11.3 Å². The van der Waals surface area contributed by atoms with Crippen LogP contribution in [-0.4, -0.2) is 17.0 Å². The SMILES string of the molecule is O=C(Nc1ccccc1C(=O)OCc1cc(-c2ccccc2)on1)c1ccccc1. The van der Waals surface area contributed by atoms with Gasteiger partial charge in [0.15, 0.2) is 5.76 Å². The average molecular weight is 398 g/mol. The normalized spacial score (nSPS) is 10.4. The number of anilines is 1. The van der Waals surface area contributed by atoms with Crippen LogP contribution in [0.25, 0.3) is 11.3 Å². The number of hydrogen-bond acceptors (Lipinski definition) is 5. The molecule has 0 aliphatic rings. The van der Waals surface area contributed by atoms with Crippen molar-refractivity contribution in [1.29, 1.82) is 0 Å². The fourth-order valence-corrected chi connectivity index (χ4v) is 2.89. The van der Waals surface area contributed by atoms with Crippen molar-refractivity contribution in [3.05, 3.63) is 108 Å². The van der Waals surface area contributed by atoms with Gasteiger partial charge in [0.2, 0.25) is 0 Å². The summed E-state index contributed by atoms with van der Waals surface area (Å²) in [6.07, 6.45) is 0. The van der Waals surface area contributed by atoms with E-state index in [4.69, 9.17) is 9.26 Å². The number of nitrogens with one attached hydrogen (secondary N) is 1. The highest BCUT2D eigenvalue weighted by Gasteiger charge is 2.16. The Morgan fingerprint density at radius 3 is 2.30 bits per heavy atom. The van der Waals surface area contributed by atoms with E-state index < -0.39 is 5.97 Å². The van der Waals surface area contributed by atoms with Gasteiger partial charge in [-0.2, -0.15) is 0 Å². The smallest absolute Gasteiger partial charge is 0.340 e. The van der Waals surface area contributed by atoms with Crippen LogP contribution >= 0.6 is 0 Å². The number of ether oxygens (including phenoxy) is 1. The second kappa shape index (κ2) is 8.87. The summed E-state index contributed by atoms with van der Waals surface area (Å²) < 4.78 is 10.7. The number of benzene rings is 3. The summed E-state index contributed by atoms with van der Waals surface area (Å²) in [6, 6.07) is 26.7. The number of esters is 1. The summed E-state index contributed by atoms with van der Waals surface area (Å²) in [4.78, 5) is 25.0. The third kappa shape index (κ3) is 4.44. The minimum Gasteiger partial charge on any atom is -0.455 e. The first-order valence-electron chi connectivity index (χ1n) is 9.34. The Balaban J connectivity index is 1.43. The van der Waals surface area contributed by atoms with Crippen LogP contribution in [0.4, 0.5) is 5.69 Å². The van der Waals surface area contributed by atoms with Crippen LogP contribution in [0.15, 0.2) is 95.5 Å². The van der Waals surface area contributed by atoms with Gasteiger partial charge in [0, 0.05) is 17.2 Å². The van der Waals surface area contributed by atoms with E-state index in [9.17, 15) is 9.59 Å². The Kier molecular flexibility index (Phi) is 5.66. The third-order valence-corrected chi connectivity index (χ3v) is 4.40. The molecule has 0 spiro atoms. The molecular weight excluding hydrogens is 380 g/mol. The van der Waals surface area contributed by atoms with Gasteiger partial charge in [-0.3, -0.25) is 4.79 Å². The number of aromatic nitrogens is 1. The molecule has 6 nitrogen and oxygen atoms in total. The highest BCUT2D eigenvalue weighted by molar-refractivity contribution is 6.07. The van der Waals surface area contributed by atoms with Gasteiger partial charge in [-0.15, -0.1) is 0 Å². The van der Waals surface area contributed by atoms with Gasteiger partial charge in [0.05, 0.1) is 11.3 Å². The summed E-state index contributed by atoms with van der Waals surface area (Å²) in [6.45, 7) is -0.0455. The van der Waals surface area contributed by atoms with Gasteiger partial charge in [-0.05, 0) is 24.3 Å². The first kappa shape index (κ1) is 19.1. The molecule has 1 amide bonds. The van der Waals surface area contributed by atoms with Crippen LogP contribution in [0.5, 0.6) is 0 Å². The molecular formula is C24H18N2O4. The Morgan fingerprint density at radius 2 is 1.53 bits per heavy atom. The van der Waals surface area contributed by atoms with E-state index in [1.165, 1.54) is 0 Å². The van der Waals surface area contributed by atoms with Crippen LogP contribution < -0.4 is 5.32 Å². The zero-order valence-corrected chi connectivity index (χ0v) is 15.9. The summed E-state index contributed by atoms with van der Waals surface area (Å²) in [5, 5.41) is 6.70. The number of carbonyl (C=O) groups is 2. The number of rotatable bonds is 6.